The van der Waals surface area contributed by atoms with Gasteiger partial charge in [-0.1, -0.05) is 40.0 Å². The standard InChI is InChI=1S/C28H41N3O/c1-4-6-21-18(5-2)9-10-23-22(21)11-13-28(3)25(15-24(27(23)28)19-7-8-19)26(32)17-31-14-12-20(16-29)30-31/h12,14,18-19,21-25,27H,4-11,13,15,17H2,1-3H3. The molecule has 0 saturated heterocycles. The Morgan fingerprint density at radius 2 is 2.00 bits per heavy atom. The lowest BCUT2D eigenvalue weighted by Crippen LogP contribution is -2.50. The fourth-order valence-corrected chi connectivity index (χ4v) is 8.99. The number of carbonyl (C=O) groups excluding carboxylic acids is 1. The Morgan fingerprint density at radius 3 is 2.66 bits per heavy atom. The minimum Gasteiger partial charge on any atom is -0.297 e. The lowest BCUT2D eigenvalue weighted by Gasteiger charge is -2.55. The SMILES string of the molecule is CCCC1C(CC)CCC2C1CCC1(C)C(C(=O)Cn3ccc(C#N)n3)CC(C3CC3)C21. The molecule has 8 unspecified atom stereocenters. The number of hydrogen-bond donors (Lipinski definition) is 0. The minimum atomic E-state index is 0.159. The molecule has 0 radical (unpaired) electrons. The minimum absolute atomic E-state index is 0.159. The van der Waals surface area contributed by atoms with Gasteiger partial charge in [0.05, 0.1) is 6.54 Å². The number of rotatable bonds is 7. The van der Waals surface area contributed by atoms with E-state index < -0.39 is 0 Å². The van der Waals surface area contributed by atoms with Crippen LogP contribution in [0.4, 0.5) is 0 Å². The monoisotopic (exact) mass is 435 g/mol. The number of ketones is 1. The molecule has 4 aliphatic carbocycles. The first kappa shape index (κ1) is 22.2. The van der Waals surface area contributed by atoms with Crippen LogP contribution in [0.15, 0.2) is 12.3 Å². The van der Waals surface area contributed by atoms with Crippen molar-refractivity contribution in [2.24, 2.45) is 52.8 Å². The third-order valence-electron chi connectivity index (χ3n) is 10.4. The Hall–Kier alpha value is -1.63. The molecular formula is C28H41N3O. The Morgan fingerprint density at radius 1 is 1.19 bits per heavy atom. The van der Waals surface area contributed by atoms with Crippen molar-refractivity contribution in [3.63, 3.8) is 0 Å². The molecular weight excluding hydrogens is 394 g/mol. The molecule has 1 aromatic heterocycles. The third-order valence-corrected chi connectivity index (χ3v) is 10.4. The maximum atomic E-state index is 13.6. The zero-order valence-corrected chi connectivity index (χ0v) is 20.3. The first-order valence-electron chi connectivity index (χ1n) is 13.5. The molecule has 1 aromatic rings. The lowest BCUT2D eigenvalue weighted by atomic mass is 9.49. The number of nitriles is 1. The number of Topliss-reactive ketones (excluding diaryl/α,β-unsaturated/α-hetero) is 1. The molecule has 4 aliphatic rings. The second-order valence-corrected chi connectivity index (χ2v) is 11.9. The predicted octanol–water partition coefficient (Wildman–Crippen LogP) is 6.25. The highest BCUT2D eigenvalue weighted by atomic mass is 16.1. The molecule has 1 heterocycles. The largest absolute Gasteiger partial charge is 0.297 e. The van der Waals surface area contributed by atoms with E-state index in [4.69, 9.17) is 5.26 Å². The molecule has 8 atom stereocenters. The van der Waals surface area contributed by atoms with Gasteiger partial charge in [-0.05, 0) is 97.9 Å². The summed E-state index contributed by atoms with van der Waals surface area (Å²) in [5.41, 5.74) is 0.561. The first-order chi connectivity index (χ1) is 15.5. The van der Waals surface area contributed by atoms with E-state index in [0.717, 1.165) is 47.8 Å². The Balaban J connectivity index is 1.41. The summed E-state index contributed by atoms with van der Waals surface area (Å²) in [6.45, 7) is 7.60. The van der Waals surface area contributed by atoms with Crippen molar-refractivity contribution in [2.45, 2.75) is 91.5 Å². The van der Waals surface area contributed by atoms with Crippen LogP contribution >= 0.6 is 0 Å². The van der Waals surface area contributed by atoms with Gasteiger partial charge in [-0.2, -0.15) is 10.4 Å². The third kappa shape index (κ3) is 3.64. The molecule has 4 nitrogen and oxygen atoms in total. The van der Waals surface area contributed by atoms with Crippen LogP contribution in [0.25, 0.3) is 0 Å². The van der Waals surface area contributed by atoms with Crippen molar-refractivity contribution in [3.8, 4) is 6.07 Å². The highest BCUT2D eigenvalue weighted by Gasteiger charge is 2.63. The summed E-state index contributed by atoms with van der Waals surface area (Å²) in [6, 6.07) is 3.80. The average molecular weight is 436 g/mol. The molecule has 174 valence electrons. The predicted molar refractivity (Wildman–Crippen MR) is 125 cm³/mol. The first-order valence-corrected chi connectivity index (χ1v) is 13.5. The van der Waals surface area contributed by atoms with Crippen molar-refractivity contribution in [1.29, 1.82) is 5.26 Å². The molecule has 0 spiro atoms. The van der Waals surface area contributed by atoms with Crippen LogP contribution in [-0.2, 0) is 11.3 Å². The van der Waals surface area contributed by atoms with Gasteiger partial charge < -0.3 is 0 Å². The van der Waals surface area contributed by atoms with Gasteiger partial charge in [0.25, 0.3) is 0 Å². The van der Waals surface area contributed by atoms with Gasteiger partial charge >= 0.3 is 0 Å². The van der Waals surface area contributed by atoms with E-state index in [1.165, 1.54) is 57.8 Å². The maximum absolute atomic E-state index is 13.6. The molecule has 0 aromatic carbocycles. The van der Waals surface area contributed by atoms with Crippen molar-refractivity contribution < 1.29 is 4.79 Å². The van der Waals surface area contributed by atoms with Gasteiger partial charge in [0, 0.05) is 12.1 Å². The summed E-state index contributed by atoms with van der Waals surface area (Å²) in [5.74, 6) is 6.48. The van der Waals surface area contributed by atoms with Gasteiger partial charge in [0.1, 0.15) is 6.07 Å². The fraction of sp³-hybridized carbons (Fsp3) is 0.821. The zero-order chi connectivity index (χ0) is 22.5. The summed E-state index contributed by atoms with van der Waals surface area (Å²) in [6.07, 6.45) is 15.1. The van der Waals surface area contributed by atoms with Crippen LogP contribution in [0, 0.1) is 64.1 Å². The molecule has 5 rings (SSSR count). The summed E-state index contributed by atoms with van der Waals surface area (Å²) >= 11 is 0. The Bertz CT molecular complexity index is 879. The van der Waals surface area contributed by atoms with Crippen LogP contribution in [0.5, 0.6) is 0 Å². The maximum Gasteiger partial charge on any atom is 0.162 e. The molecule has 0 N–H and O–H groups in total. The van der Waals surface area contributed by atoms with Crippen molar-refractivity contribution >= 4 is 5.78 Å². The Kier molecular flexibility index (Phi) is 5.97. The average Bonchev–Trinajstić information content (AvgIpc) is 3.45. The van der Waals surface area contributed by atoms with Gasteiger partial charge in [-0.3, -0.25) is 9.48 Å². The van der Waals surface area contributed by atoms with Crippen LogP contribution in [-0.4, -0.2) is 15.6 Å². The molecule has 4 heteroatoms. The number of fused-ring (bicyclic) bond motifs is 3. The zero-order valence-electron chi connectivity index (χ0n) is 20.3. The summed E-state index contributed by atoms with van der Waals surface area (Å²) in [5, 5.41) is 13.4. The van der Waals surface area contributed by atoms with Gasteiger partial charge in [-0.25, -0.2) is 0 Å². The Labute approximate surface area is 194 Å². The van der Waals surface area contributed by atoms with Crippen LogP contribution in [0.1, 0.15) is 90.7 Å². The molecule has 4 fully saturated rings. The van der Waals surface area contributed by atoms with E-state index in [0.29, 0.717) is 18.0 Å². The smallest absolute Gasteiger partial charge is 0.162 e. The van der Waals surface area contributed by atoms with E-state index in [-0.39, 0.29) is 11.3 Å². The van der Waals surface area contributed by atoms with E-state index in [1.807, 2.05) is 0 Å². The highest BCUT2D eigenvalue weighted by Crippen LogP contribution is 2.68. The number of nitrogens with zero attached hydrogens (tertiary/aromatic N) is 3. The van der Waals surface area contributed by atoms with Crippen molar-refractivity contribution in [3.05, 3.63) is 18.0 Å². The van der Waals surface area contributed by atoms with Gasteiger partial charge in [-0.15, -0.1) is 0 Å². The van der Waals surface area contributed by atoms with E-state index in [9.17, 15) is 4.79 Å². The van der Waals surface area contributed by atoms with E-state index >= 15 is 0 Å². The number of aromatic nitrogens is 2. The summed E-state index contributed by atoms with van der Waals surface area (Å²) in [7, 11) is 0. The number of hydrogen-bond acceptors (Lipinski definition) is 3. The second-order valence-electron chi connectivity index (χ2n) is 11.9. The van der Waals surface area contributed by atoms with Crippen LogP contribution in [0.3, 0.4) is 0 Å². The molecule has 0 bridgehead atoms. The van der Waals surface area contributed by atoms with Gasteiger partial charge in [0.15, 0.2) is 11.5 Å². The fourth-order valence-electron chi connectivity index (χ4n) is 8.99. The molecule has 0 amide bonds. The van der Waals surface area contributed by atoms with Crippen molar-refractivity contribution in [1.82, 2.24) is 9.78 Å². The number of carbonyl (C=O) groups is 1. The van der Waals surface area contributed by atoms with Crippen molar-refractivity contribution in [2.75, 3.05) is 0 Å². The van der Waals surface area contributed by atoms with Gasteiger partial charge in [0.2, 0.25) is 0 Å². The quantitative estimate of drug-likeness (QED) is 0.508. The van der Waals surface area contributed by atoms with E-state index in [1.54, 1.807) is 16.9 Å². The normalized spacial score (nSPS) is 41.0. The second kappa shape index (κ2) is 8.62. The van der Waals surface area contributed by atoms with E-state index in [2.05, 4.69) is 31.9 Å². The van der Waals surface area contributed by atoms with Crippen LogP contribution in [0.2, 0.25) is 0 Å². The summed E-state index contributed by atoms with van der Waals surface area (Å²) < 4.78 is 1.69. The molecule has 4 saturated carbocycles. The topological polar surface area (TPSA) is 58.7 Å². The molecule has 0 aliphatic heterocycles. The molecule has 32 heavy (non-hydrogen) atoms. The highest BCUT2D eigenvalue weighted by molar-refractivity contribution is 5.82. The summed E-state index contributed by atoms with van der Waals surface area (Å²) in [4.78, 5) is 13.6. The lowest BCUT2D eigenvalue weighted by molar-refractivity contribution is -0.131. The van der Waals surface area contributed by atoms with Crippen LogP contribution < -0.4 is 0 Å².